The molecule has 0 aromatic rings. The SMILES string of the molecule is CC(CCCCCBr)C(C)O[Si](C)(C)C. The Labute approximate surface area is 105 Å². The van der Waals surface area contributed by atoms with Gasteiger partial charge >= 0.3 is 0 Å². The highest BCUT2D eigenvalue weighted by Crippen LogP contribution is 2.19. The Hall–Kier alpha value is 0.657. The molecule has 2 unspecified atom stereocenters. The Kier molecular flexibility index (Phi) is 8.20. The average Bonchev–Trinajstić information content (AvgIpc) is 2.09. The van der Waals surface area contributed by atoms with E-state index in [1.165, 1.54) is 25.7 Å². The van der Waals surface area contributed by atoms with E-state index in [2.05, 4.69) is 49.4 Å². The minimum absolute atomic E-state index is 0.431. The lowest BCUT2D eigenvalue weighted by atomic mass is 9.99. The van der Waals surface area contributed by atoms with Crippen LogP contribution < -0.4 is 0 Å². The fourth-order valence-corrected chi connectivity index (χ4v) is 3.39. The van der Waals surface area contributed by atoms with Gasteiger partial charge in [-0.25, -0.2) is 0 Å². The van der Waals surface area contributed by atoms with Crippen LogP contribution in [-0.2, 0) is 4.43 Å². The van der Waals surface area contributed by atoms with Gasteiger partial charge in [-0.2, -0.15) is 0 Å². The summed E-state index contributed by atoms with van der Waals surface area (Å²) >= 11 is 3.47. The van der Waals surface area contributed by atoms with E-state index in [9.17, 15) is 0 Å². The van der Waals surface area contributed by atoms with Gasteiger partial charge in [0.1, 0.15) is 0 Å². The smallest absolute Gasteiger partial charge is 0.184 e. The van der Waals surface area contributed by atoms with E-state index < -0.39 is 8.32 Å². The molecular formula is C12H27BrOSi. The minimum Gasteiger partial charge on any atom is -0.415 e. The molecular weight excluding hydrogens is 268 g/mol. The van der Waals surface area contributed by atoms with Crippen LogP contribution in [0.1, 0.15) is 39.5 Å². The molecule has 0 radical (unpaired) electrons. The Morgan fingerprint density at radius 3 is 2.13 bits per heavy atom. The molecule has 0 fully saturated rings. The van der Waals surface area contributed by atoms with Gasteiger partial charge in [0.2, 0.25) is 0 Å². The fourth-order valence-electron chi connectivity index (χ4n) is 1.65. The minimum atomic E-state index is -1.34. The highest BCUT2D eigenvalue weighted by molar-refractivity contribution is 9.09. The van der Waals surface area contributed by atoms with Crippen molar-refractivity contribution in [2.75, 3.05) is 5.33 Å². The third kappa shape index (κ3) is 9.58. The lowest BCUT2D eigenvalue weighted by Crippen LogP contribution is -2.33. The summed E-state index contributed by atoms with van der Waals surface area (Å²) in [4.78, 5) is 0. The first-order valence-corrected chi connectivity index (χ1v) is 10.6. The molecule has 0 amide bonds. The molecule has 92 valence electrons. The number of halogens is 1. The topological polar surface area (TPSA) is 9.23 Å². The third-order valence-corrected chi connectivity index (χ3v) is 4.27. The monoisotopic (exact) mass is 294 g/mol. The molecule has 0 aromatic carbocycles. The van der Waals surface area contributed by atoms with E-state index in [4.69, 9.17) is 4.43 Å². The van der Waals surface area contributed by atoms with Gasteiger partial charge in [-0.05, 0) is 45.3 Å². The van der Waals surface area contributed by atoms with Crippen LogP contribution in [0, 0.1) is 5.92 Å². The zero-order valence-electron chi connectivity index (χ0n) is 11.0. The summed E-state index contributed by atoms with van der Waals surface area (Å²) < 4.78 is 6.09. The van der Waals surface area contributed by atoms with Crippen LogP contribution in [0.15, 0.2) is 0 Å². The molecule has 0 aliphatic carbocycles. The van der Waals surface area contributed by atoms with E-state index in [-0.39, 0.29) is 0 Å². The van der Waals surface area contributed by atoms with E-state index in [0.29, 0.717) is 12.0 Å². The predicted octanol–water partition coefficient (Wildman–Crippen LogP) is 4.82. The summed E-state index contributed by atoms with van der Waals surface area (Å²) in [5, 5.41) is 1.14. The number of alkyl halides is 1. The maximum absolute atomic E-state index is 6.09. The van der Waals surface area contributed by atoms with Crippen LogP contribution in [0.5, 0.6) is 0 Å². The Morgan fingerprint density at radius 1 is 1.07 bits per heavy atom. The van der Waals surface area contributed by atoms with Crippen LogP contribution >= 0.6 is 15.9 Å². The molecule has 2 atom stereocenters. The highest BCUT2D eigenvalue weighted by Gasteiger charge is 2.21. The van der Waals surface area contributed by atoms with Crippen molar-refractivity contribution < 1.29 is 4.43 Å². The molecule has 0 bridgehead atoms. The molecule has 0 aliphatic heterocycles. The van der Waals surface area contributed by atoms with Crippen molar-refractivity contribution in [1.82, 2.24) is 0 Å². The Morgan fingerprint density at radius 2 is 1.67 bits per heavy atom. The normalized spacial score (nSPS) is 16.4. The molecule has 0 spiro atoms. The first kappa shape index (κ1) is 15.7. The molecule has 15 heavy (non-hydrogen) atoms. The van der Waals surface area contributed by atoms with Crippen molar-refractivity contribution in [1.29, 1.82) is 0 Å². The van der Waals surface area contributed by atoms with Crippen LogP contribution in [0.3, 0.4) is 0 Å². The molecule has 0 rings (SSSR count). The number of hydrogen-bond acceptors (Lipinski definition) is 1. The van der Waals surface area contributed by atoms with E-state index in [1.54, 1.807) is 0 Å². The van der Waals surface area contributed by atoms with Gasteiger partial charge in [0.15, 0.2) is 8.32 Å². The summed E-state index contributed by atoms with van der Waals surface area (Å²) in [6.07, 6.45) is 5.72. The zero-order chi connectivity index (χ0) is 11.9. The molecule has 0 N–H and O–H groups in total. The first-order valence-electron chi connectivity index (χ1n) is 6.10. The highest BCUT2D eigenvalue weighted by atomic mass is 79.9. The van der Waals surface area contributed by atoms with E-state index in [1.807, 2.05) is 0 Å². The van der Waals surface area contributed by atoms with Gasteiger partial charge in [-0.15, -0.1) is 0 Å². The van der Waals surface area contributed by atoms with Crippen molar-refractivity contribution >= 4 is 24.2 Å². The average molecular weight is 295 g/mol. The molecule has 0 heterocycles. The van der Waals surface area contributed by atoms with Gasteiger partial charge in [-0.3, -0.25) is 0 Å². The molecule has 0 aromatic heterocycles. The standard InChI is InChI=1S/C12H27BrOSi/c1-11(9-7-6-8-10-13)12(2)14-15(3,4)5/h11-12H,6-10H2,1-5H3. The summed E-state index contributed by atoms with van der Waals surface area (Å²) in [6.45, 7) is 11.3. The summed E-state index contributed by atoms with van der Waals surface area (Å²) in [7, 11) is -1.34. The summed E-state index contributed by atoms with van der Waals surface area (Å²) in [5.41, 5.74) is 0. The van der Waals surface area contributed by atoms with Crippen molar-refractivity contribution in [3.05, 3.63) is 0 Å². The lowest BCUT2D eigenvalue weighted by molar-refractivity contribution is 0.146. The zero-order valence-corrected chi connectivity index (χ0v) is 13.6. The van der Waals surface area contributed by atoms with Crippen LogP contribution in [0.2, 0.25) is 19.6 Å². The number of unbranched alkanes of at least 4 members (excludes halogenated alkanes) is 2. The summed E-state index contributed by atoms with van der Waals surface area (Å²) in [6, 6.07) is 0. The van der Waals surface area contributed by atoms with E-state index >= 15 is 0 Å². The largest absolute Gasteiger partial charge is 0.415 e. The predicted molar refractivity (Wildman–Crippen MR) is 75.3 cm³/mol. The van der Waals surface area contributed by atoms with Gasteiger partial charge in [0.05, 0.1) is 0 Å². The third-order valence-electron chi connectivity index (χ3n) is 2.63. The van der Waals surface area contributed by atoms with Crippen molar-refractivity contribution in [3.8, 4) is 0 Å². The molecule has 0 aliphatic rings. The maximum Gasteiger partial charge on any atom is 0.184 e. The van der Waals surface area contributed by atoms with Gasteiger partial charge in [0, 0.05) is 11.4 Å². The Bertz CT molecular complexity index is 156. The number of rotatable bonds is 8. The second-order valence-corrected chi connectivity index (χ2v) is 10.7. The Balaban J connectivity index is 3.65. The lowest BCUT2D eigenvalue weighted by Gasteiger charge is -2.28. The van der Waals surface area contributed by atoms with Crippen LogP contribution in [0.4, 0.5) is 0 Å². The molecule has 1 nitrogen and oxygen atoms in total. The van der Waals surface area contributed by atoms with Gasteiger partial charge in [0.25, 0.3) is 0 Å². The van der Waals surface area contributed by atoms with Gasteiger partial charge < -0.3 is 4.43 Å². The summed E-state index contributed by atoms with van der Waals surface area (Å²) in [5.74, 6) is 0.701. The maximum atomic E-state index is 6.09. The molecule has 3 heteroatoms. The van der Waals surface area contributed by atoms with Crippen molar-refractivity contribution in [3.63, 3.8) is 0 Å². The quantitative estimate of drug-likeness (QED) is 0.354. The van der Waals surface area contributed by atoms with Crippen molar-refractivity contribution in [2.24, 2.45) is 5.92 Å². The van der Waals surface area contributed by atoms with Crippen molar-refractivity contribution in [2.45, 2.75) is 65.3 Å². The molecule has 0 saturated carbocycles. The fraction of sp³-hybridized carbons (Fsp3) is 1.00. The second-order valence-electron chi connectivity index (χ2n) is 5.45. The van der Waals surface area contributed by atoms with E-state index in [0.717, 1.165) is 5.33 Å². The molecule has 0 saturated heterocycles. The van der Waals surface area contributed by atoms with Crippen LogP contribution in [-0.4, -0.2) is 19.8 Å². The van der Waals surface area contributed by atoms with Crippen LogP contribution in [0.25, 0.3) is 0 Å². The second kappa shape index (κ2) is 7.85. The number of hydrogen-bond donors (Lipinski definition) is 0. The van der Waals surface area contributed by atoms with Gasteiger partial charge in [-0.1, -0.05) is 35.7 Å². The first-order chi connectivity index (χ1) is 6.87.